The van der Waals surface area contributed by atoms with E-state index in [1.54, 1.807) is 6.21 Å². The predicted molar refractivity (Wildman–Crippen MR) is 132 cm³/mol. The van der Waals surface area contributed by atoms with Gasteiger partial charge in [-0.25, -0.2) is 0 Å². The highest BCUT2D eigenvalue weighted by molar-refractivity contribution is 9.11. The Bertz CT molecular complexity index is 1080. The van der Waals surface area contributed by atoms with Gasteiger partial charge in [0.05, 0.1) is 16.8 Å². The summed E-state index contributed by atoms with van der Waals surface area (Å²) in [6.45, 7) is 4.41. The molecule has 1 amide bonds. The van der Waals surface area contributed by atoms with Crippen LogP contribution in [0.5, 0.6) is 11.5 Å². The monoisotopic (exact) mass is 544 g/mol. The fraction of sp³-hybridized carbons (Fsp3) is 0.167. The maximum atomic E-state index is 12.3. The van der Waals surface area contributed by atoms with Crippen LogP contribution in [0.15, 0.2) is 74.6 Å². The van der Waals surface area contributed by atoms with Gasteiger partial charge >= 0.3 is 0 Å². The minimum Gasteiger partial charge on any atom is -0.494 e. The third-order valence-corrected chi connectivity index (χ3v) is 5.23. The molecule has 0 aromatic heterocycles. The van der Waals surface area contributed by atoms with Gasteiger partial charge in [0.15, 0.2) is 6.61 Å². The van der Waals surface area contributed by atoms with Crippen LogP contribution in [0.1, 0.15) is 18.1 Å². The molecule has 7 heteroatoms. The van der Waals surface area contributed by atoms with Gasteiger partial charge in [0, 0.05) is 21.9 Å². The van der Waals surface area contributed by atoms with Crippen LogP contribution in [0.4, 0.5) is 11.4 Å². The van der Waals surface area contributed by atoms with Crippen LogP contribution in [0.3, 0.4) is 0 Å². The van der Waals surface area contributed by atoms with Crippen molar-refractivity contribution in [2.75, 3.05) is 18.5 Å². The highest BCUT2D eigenvalue weighted by atomic mass is 79.9. The van der Waals surface area contributed by atoms with E-state index in [0.717, 1.165) is 37.2 Å². The lowest BCUT2D eigenvalue weighted by atomic mass is 10.2. The van der Waals surface area contributed by atoms with Crippen molar-refractivity contribution in [1.82, 2.24) is 0 Å². The summed E-state index contributed by atoms with van der Waals surface area (Å²) in [7, 11) is 0. The minimum atomic E-state index is -0.241. The van der Waals surface area contributed by atoms with Gasteiger partial charge in [0.2, 0.25) is 0 Å². The largest absolute Gasteiger partial charge is 0.494 e. The number of anilines is 1. The van der Waals surface area contributed by atoms with Gasteiger partial charge in [-0.05, 0) is 83.9 Å². The smallest absolute Gasteiger partial charge is 0.262 e. The van der Waals surface area contributed by atoms with Gasteiger partial charge in [-0.1, -0.05) is 28.1 Å². The number of benzene rings is 3. The molecule has 0 aliphatic rings. The molecule has 0 atom stereocenters. The van der Waals surface area contributed by atoms with Crippen molar-refractivity contribution < 1.29 is 14.3 Å². The molecule has 3 rings (SSSR count). The number of aliphatic imine (C=N–C) groups is 1. The molecule has 31 heavy (non-hydrogen) atoms. The molecule has 3 aromatic rings. The molecule has 3 aromatic carbocycles. The summed E-state index contributed by atoms with van der Waals surface area (Å²) in [4.78, 5) is 16.9. The molecule has 0 saturated heterocycles. The Labute approximate surface area is 198 Å². The normalized spacial score (nSPS) is 10.8. The molecule has 0 unspecified atom stereocenters. The first-order chi connectivity index (χ1) is 14.9. The number of nitrogens with zero attached hydrogens (tertiary/aromatic N) is 1. The van der Waals surface area contributed by atoms with E-state index in [4.69, 9.17) is 9.47 Å². The maximum Gasteiger partial charge on any atom is 0.262 e. The third kappa shape index (κ3) is 6.94. The first-order valence-electron chi connectivity index (χ1n) is 9.70. The second-order valence-corrected chi connectivity index (χ2v) is 8.47. The van der Waals surface area contributed by atoms with E-state index in [-0.39, 0.29) is 12.5 Å². The van der Waals surface area contributed by atoms with E-state index in [9.17, 15) is 4.79 Å². The van der Waals surface area contributed by atoms with E-state index in [1.807, 2.05) is 74.5 Å². The van der Waals surface area contributed by atoms with Crippen LogP contribution >= 0.6 is 31.9 Å². The van der Waals surface area contributed by atoms with Gasteiger partial charge in [-0.2, -0.15) is 0 Å². The number of halogens is 2. The van der Waals surface area contributed by atoms with Gasteiger partial charge in [0.25, 0.3) is 5.91 Å². The van der Waals surface area contributed by atoms with Crippen molar-refractivity contribution in [1.29, 1.82) is 0 Å². The quantitative estimate of drug-likeness (QED) is 0.321. The molecule has 0 saturated carbocycles. The van der Waals surface area contributed by atoms with Crippen molar-refractivity contribution in [2.24, 2.45) is 4.99 Å². The van der Waals surface area contributed by atoms with Crippen molar-refractivity contribution in [2.45, 2.75) is 13.8 Å². The molecule has 0 fully saturated rings. The van der Waals surface area contributed by atoms with E-state index >= 15 is 0 Å². The summed E-state index contributed by atoms with van der Waals surface area (Å²) in [6, 6.07) is 18.9. The van der Waals surface area contributed by atoms with Gasteiger partial charge < -0.3 is 14.8 Å². The third-order valence-electron chi connectivity index (χ3n) is 4.19. The summed E-state index contributed by atoms with van der Waals surface area (Å²) in [6.07, 6.45) is 1.71. The number of carbonyl (C=O) groups excluding carboxylic acids is 1. The molecule has 0 bridgehead atoms. The van der Waals surface area contributed by atoms with Gasteiger partial charge in [-0.15, -0.1) is 0 Å². The Hall–Kier alpha value is -2.64. The van der Waals surface area contributed by atoms with E-state index < -0.39 is 0 Å². The Balaban J connectivity index is 1.72. The molecule has 0 aliphatic heterocycles. The van der Waals surface area contributed by atoms with Crippen molar-refractivity contribution >= 4 is 55.4 Å². The number of nitrogens with one attached hydrogen (secondary N) is 1. The number of rotatable bonds is 8. The molecular formula is C24H22Br2N2O3. The number of amides is 1. The first kappa shape index (κ1) is 23.0. The maximum absolute atomic E-state index is 12.3. The zero-order valence-electron chi connectivity index (χ0n) is 17.2. The summed E-state index contributed by atoms with van der Waals surface area (Å²) < 4.78 is 12.9. The van der Waals surface area contributed by atoms with E-state index in [0.29, 0.717) is 12.4 Å². The molecule has 160 valence electrons. The van der Waals surface area contributed by atoms with E-state index in [2.05, 4.69) is 42.2 Å². The van der Waals surface area contributed by atoms with Gasteiger partial charge in [-0.3, -0.25) is 9.79 Å². The number of hydrogen-bond donors (Lipinski definition) is 1. The Morgan fingerprint density at radius 3 is 2.55 bits per heavy atom. The SMILES string of the molecule is CCOc1ccc(N=Cc2cc(Br)cc(Br)c2OCC(=O)Nc2cccc(C)c2)cc1. The average Bonchev–Trinajstić information content (AvgIpc) is 2.72. The molecule has 0 aliphatic carbocycles. The van der Waals surface area contributed by atoms with Crippen LogP contribution in [-0.4, -0.2) is 25.3 Å². The van der Waals surface area contributed by atoms with Crippen LogP contribution in [0, 0.1) is 6.92 Å². The predicted octanol–water partition coefficient (Wildman–Crippen LogP) is 6.69. The zero-order chi connectivity index (χ0) is 22.2. The second-order valence-electron chi connectivity index (χ2n) is 6.70. The lowest BCUT2D eigenvalue weighted by Crippen LogP contribution is -2.20. The Morgan fingerprint density at radius 2 is 1.84 bits per heavy atom. The van der Waals surface area contributed by atoms with Crippen molar-refractivity contribution in [3.05, 3.63) is 80.7 Å². The molecule has 0 spiro atoms. The highest BCUT2D eigenvalue weighted by Gasteiger charge is 2.12. The Morgan fingerprint density at radius 1 is 1.06 bits per heavy atom. The zero-order valence-corrected chi connectivity index (χ0v) is 20.4. The van der Waals surface area contributed by atoms with Crippen molar-refractivity contribution in [3.63, 3.8) is 0 Å². The first-order valence-corrected chi connectivity index (χ1v) is 11.3. The number of aryl methyl sites for hydroxylation is 1. The summed E-state index contributed by atoms with van der Waals surface area (Å²) in [5.74, 6) is 1.10. The fourth-order valence-electron chi connectivity index (χ4n) is 2.83. The molecule has 0 heterocycles. The average molecular weight is 546 g/mol. The minimum absolute atomic E-state index is 0.127. The van der Waals surface area contributed by atoms with Crippen LogP contribution in [-0.2, 0) is 4.79 Å². The molecule has 0 radical (unpaired) electrons. The molecular weight excluding hydrogens is 524 g/mol. The topological polar surface area (TPSA) is 59.9 Å². The highest BCUT2D eigenvalue weighted by Crippen LogP contribution is 2.32. The fourth-order valence-corrected chi connectivity index (χ4v) is 4.20. The number of carbonyl (C=O) groups is 1. The Kier molecular flexibility index (Phi) is 8.26. The van der Waals surface area contributed by atoms with E-state index in [1.165, 1.54) is 0 Å². The van der Waals surface area contributed by atoms with Crippen molar-refractivity contribution in [3.8, 4) is 11.5 Å². The summed E-state index contributed by atoms with van der Waals surface area (Å²) in [5.41, 5.74) is 3.32. The lowest BCUT2D eigenvalue weighted by molar-refractivity contribution is -0.118. The molecule has 5 nitrogen and oxygen atoms in total. The summed E-state index contributed by atoms with van der Waals surface area (Å²) in [5, 5.41) is 2.84. The number of hydrogen-bond acceptors (Lipinski definition) is 4. The number of ether oxygens (including phenoxy) is 2. The second kappa shape index (κ2) is 11.1. The van der Waals surface area contributed by atoms with Gasteiger partial charge in [0.1, 0.15) is 11.5 Å². The standard InChI is InChI=1S/C24H22Br2N2O3/c1-3-30-21-9-7-19(8-10-21)27-14-17-12-18(25)13-22(26)24(17)31-15-23(29)28-20-6-4-5-16(2)11-20/h4-14H,3,15H2,1-2H3,(H,28,29). The molecule has 1 N–H and O–H groups in total. The van der Waals surface area contributed by atoms with Crippen LogP contribution < -0.4 is 14.8 Å². The van der Waals surface area contributed by atoms with Crippen LogP contribution in [0.2, 0.25) is 0 Å². The van der Waals surface area contributed by atoms with Crippen LogP contribution in [0.25, 0.3) is 0 Å². The lowest BCUT2D eigenvalue weighted by Gasteiger charge is -2.12. The summed E-state index contributed by atoms with van der Waals surface area (Å²) >= 11 is 7.00.